The number of nitrogens with zero attached hydrogens (tertiary/aromatic N) is 3. The molecule has 0 saturated carbocycles. The van der Waals surface area contributed by atoms with Crippen molar-refractivity contribution in [2.24, 2.45) is 0 Å². The topological polar surface area (TPSA) is 39.9 Å². The van der Waals surface area contributed by atoms with E-state index in [1.807, 2.05) is 30.5 Å². The highest BCUT2D eigenvalue weighted by molar-refractivity contribution is 9.10. The fourth-order valence-electron chi connectivity index (χ4n) is 1.87. The van der Waals surface area contributed by atoms with Crippen LogP contribution >= 0.6 is 15.9 Å². The lowest BCUT2D eigenvalue weighted by Crippen LogP contribution is -1.98. The van der Waals surface area contributed by atoms with Crippen molar-refractivity contribution in [3.05, 3.63) is 47.3 Å². The molecule has 90 valence electrons. The smallest absolute Gasteiger partial charge is 0.161 e. The van der Waals surface area contributed by atoms with E-state index >= 15 is 0 Å². The van der Waals surface area contributed by atoms with Crippen LogP contribution in [0.25, 0.3) is 16.6 Å². The monoisotopic (exact) mass is 303 g/mol. The van der Waals surface area contributed by atoms with Gasteiger partial charge in [-0.15, -0.1) is 0 Å². The van der Waals surface area contributed by atoms with Crippen molar-refractivity contribution in [1.82, 2.24) is 14.8 Å². The van der Waals surface area contributed by atoms with Crippen molar-refractivity contribution in [2.45, 2.75) is 0 Å². The largest absolute Gasteiger partial charge is 0.497 e. The molecular formula is C13H10BrN3O. The van der Waals surface area contributed by atoms with Gasteiger partial charge in [0, 0.05) is 17.8 Å². The standard InChI is InChI=1S/C13H10BrN3O/c1-18-11-2-3-12-9(6-11)4-5-15-13(12)17-8-10(14)7-16-17/h2-8H,1H3. The zero-order valence-electron chi connectivity index (χ0n) is 9.67. The van der Waals surface area contributed by atoms with Crippen molar-refractivity contribution in [3.63, 3.8) is 0 Å². The molecule has 0 bridgehead atoms. The highest BCUT2D eigenvalue weighted by Crippen LogP contribution is 2.24. The number of rotatable bonds is 2. The van der Waals surface area contributed by atoms with Crippen LogP contribution in [0.5, 0.6) is 5.75 Å². The Morgan fingerprint density at radius 1 is 1.28 bits per heavy atom. The predicted molar refractivity (Wildman–Crippen MR) is 73.1 cm³/mol. The third-order valence-corrected chi connectivity index (χ3v) is 3.13. The van der Waals surface area contributed by atoms with Crippen LogP contribution in [-0.4, -0.2) is 21.9 Å². The van der Waals surface area contributed by atoms with E-state index in [2.05, 4.69) is 26.0 Å². The molecule has 0 N–H and O–H groups in total. The molecule has 1 aromatic carbocycles. The van der Waals surface area contributed by atoms with E-state index in [4.69, 9.17) is 4.74 Å². The zero-order chi connectivity index (χ0) is 12.5. The molecule has 0 aliphatic carbocycles. The van der Waals surface area contributed by atoms with Gasteiger partial charge in [-0.2, -0.15) is 5.10 Å². The lowest BCUT2D eigenvalue weighted by atomic mass is 10.1. The van der Waals surface area contributed by atoms with E-state index in [1.165, 1.54) is 0 Å². The van der Waals surface area contributed by atoms with Crippen LogP contribution < -0.4 is 4.74 Å². The van der Waals surface area contributed by atoms with Crippen molar-refractivity contribution in [2.75, 3.05) is 7.11 Å². The number of benzene rings is 1. The van der Waals surface area contributed by atoms with Crippen molar-refractivity contribution in [1.29, 1.82) is 0 Å². The average Bonchev–Trinajstić information content (AvgIpc) is 2.84. The number of hydrogen-bond donors (Lipinski definition) is 0. The molecule has 0 saturated heterocycles. The molecule has 0 amide bonds. The first-order chi connectivity index (χ1) is 8.78. The van der Waals surface area contributed by atoms with Gasteiger partial charge in [0.05, 0.1) is 17.8 Å². The van der Waals surface area contributed by atoms with E-state index in [0.717, 1.165) is 26.8 Å². The van der Waals surface area contributed by atoms with Crippen molar-refractivity contribution >= 4 is 26.7 Å². The molecule has 5 heteroatoms. The second-order valence-electron chi connectivity index (χ2n) is 3.82. The van der Waals surface area contributed by atoms with Gasteiger partial charge in [0.25, 0.3) is 0 Å². The molecular weight excluding hydrogens is 294 g/mol. The summed E-state index contributed by atoms with van der Waals surface area (Å²) in [7, 11) is 1.66. The maximum absolute atomic E-state index is 5.22. The van der Waals surface area contributed by atoms with Gasteiger partial charge in [0.2, 0.25) is 0 Å². The number of ether oxygens (including phenoxy) is 1. The van der Waals surface area contributed by atoms with Gasteiger partial charge in [-0.25, -0.2) is 9.67 Å². The van der Waals surface area contributed by atoms with E-state index in [9.17, 15) is 0 Å². The third kappa shape index (κ3) is 1.86. The Bertz CT molecular complexity index is 708. The molecule has 0 spiro atoms. The molecule has 4 nitrogen and oxygen atoms in total. The van der Waals surface area contributed by atoms with Gasteiger partial charge in [0.15, 0.2) is 5.82 Å². The number of aromatic nitrogens is 3. The van der Waals surface area contributed by atoms with Crippen LogP contribution in [0.2, 0.25) is 0 Å². The lowest BCUT2D eigenvalue weighted by Gasteiger charge is -2.06. The zero-order valence-corrected chi connectivity index (χ0v) is 11.3. The third-order valence-electron chi connectivity index (χ3n) is 2.72. The van der Waals surface area contributed by atoms with Crippen LogP contribution in [0, 0.1) is 0 Å². The fourth-order valence-corrected chi connectivity index (χ4v) is 2.15. The molecule has 0 aliphatic heterocycles. The minimum atomic E-state index is 0.806. The Hall–Kier alpha value is -1.88. The number of hydrogen-bond acceptors (Lipinski definition) is 3. The molecule has 0 fully saturated rings. The lowest BCUT2D eigenvalue weighted by molar-refractivity contribution is 0.415. The minimum Gasteiger partial charge on any atom is -0.497 e. The van der Waals surface area contributed by atoms with E-state index in [0.29, 0.717) is 0 Å². The first kappa shape index (κ1) is 11.2. The van der Waals surface area contributed by atoms with Crippen molar-refractivity contribution < 1.29 is 4.74 Å². The maximum Gasteiger partial charge on any atom is 0.161 e. The van der Waals surface area contributed by atoms with E-state index < -0.39 is 0 Å². The Kier molecular flexibility index (Phi) is 2.76. The Balaban J connectivity index is 2.24. The van der Waals surface area contributed by atoms with Gasteiger partial charge in [0.1, 0.15) is 5.75 Å². The second kappa shape index (κ2) is 4.42. The Morgan fingerprint density at radius 3 is 2.89 bits per heavy atom. The Labute approximate surface area is 112 Å². The summed E-state index contributed by atoms with van der Waals surface area (Å²) in [6, 6.07) is 7.86. The SMILES string of the molecule is COc1ccc2c(-n3cc(Br)cn3)nccc2c1. The summed E-state index contributed by atoms with van der Waals surface area (Å²) in [5.41, 5.74) is 0. The highest BCUT2D eigenvalue weighted by atomic mass is 79.9. The number of fused-ring (bicyclic) bond motifs is 1. The van der Waals surface area contributed by atoms with Gasteiger partial charge < -0.3 is 4.74 Å². The predicted octanol–water partition coefficient (Wildman–Crippen LogP) is 3.19. The summed E-state index contributed by atoms with van der Waals surface area (Å²) < 4.78 is 7.90. The van der Waals surface area contributed by atoms with Gasteiger partial charge >= 0.3 is 0 Å². The number of pyridine rings is 1. The number of methoxy groups -OCH3 is 1. The summed E-state index contributed by atoms with van der Waals surface area (Å²) in [5, 5.41) is 6.37. The molecule has 0 radical (unpaired) electrons. The fraction of sp³-hybridized carbons (Fsp3) is 0.0769. The molecule has 3 rings (SSSR count). The molecule has 3 aromatic rings. The normalized spacial score (nSPS) is 10.8. The van der Waals surface area contributed by atoms with E-state index in [-0.39, 0.29) is 0 Å². The van der Waals surface area contributed by atoms with Gasteiger partial charge in [-0.3, -0.25) is 0 Å². The molecule has 0 aliphatic rings. The van der Waals surface area contributed by atoms with E-state index in [1.54, 1.807) is 24.2 Å². The van der Waals surface area contributed by atoms with Gasteiger partial charge in [-0.1, -0.05) is 0 Å². The number of halogens is 1. The summed E-state index contributed by atoms with van der Waals surface area (Å²) in [4.78, 5) is 4.38. The average molecular weight is 304 g/mol. The van der Waals surface area contributed by atoms with Gasteiger partial charge in [-0.05, 0) is 45.6 Å². The van der Waals surface area contributed by atoms with Crippen LogP contribution in [0.3, 0.4) is 0 Å². The summed E-state index contributed by atoms with van der Waals surface area (Å²) in [6.45, 7) is 0. The van der Waals surface area contributed by atoms with Crippen LogP contribution in [0.15, 0.2) is 47.3 Å². The van der Waals surface area contributed by atoms with Crippen molar-refractivity contribution in [3.8, 4) is 11.6 Å². The molecule has 18 heavy (non-hydrogen) atoms. The summed E-state index contributed by atoms with van der Waals surface area (Å²) >= 11 is 3.39. The second-order valence-corrected chi connectivity index (χ2v) is 4.74. The Morgan fingerprint density at radius 2 is 2.17 bits per heavy atom. The molecule has 0 unspecified atom stereocenters. The molecule has 2 heterocycles. The van der Waals surface area contributed by atoms with Crippen LogP contribution in [0.1, 0.15) is 0 Å². The maximum atomic E-state index is 5.22. The first-order valence-corrected chi connectivity index (χ1v) is 6.20. The summed E-state index contributed by atoms with van der Waals surface area (Å²) in [6.07, 6.45) is 5.39. The van der Waals surface area contributed by atoms with Crippen LogP contribution in [-0.2, 0) is 0 Å². The molecule has 2 aromatic heterocycles. The minimum absolute atomic E-state index is 0.806. The highest BCUT2D eigenvalue weighted by Gasteiger charge is 2.06. The van der Waals surface area contributed by atoms with Crippen LogP contribution in [0.4, 0.5) is 0 Å². The quantitative estimate of drug-likeness (QED) is 0.730. The summed E-state index contributed by atoms with van der Waals surface area (Å²) in [5.74, 6) is 1.64. The molecule has 0 atom stereocenters. The first-order valence-electron chi connectivity index (χ1n) is 5.41.